The molecule has 4 nitrogen and oxygen atoms in total. The van der Waals surface area contributed by atoms with Crippen molar-refractivity contribution in [2.45, 2.75) is 6.04 Å². The predicted octanol–water partition coefficient (Wildman–Crippen LogP) is 11.6. The molecule has 1 aliphatic carbocycles. The van der Waals surface area contributed by atoms with Crippen LogP contribution in [0.4, 0.5) is 22.7 Å². The number of nitrogens with zero attached hydrogens (tertiary/aromatic N) is 4. The van der Waals surface area contributed by atoms with Crippen molar-refractivity contribution < 1.29 is 0 Å². The minimum absolute atomic E-state index is 0.0600. The van der Waals surface area contributed by atoms with E-state index >= 15 is 0 Å². The molecule has 3 aliphatic rings. The molecule has 0 N–H and O–H groups in total. The van der Waals surface area contributed by atoms with Gasteiger partial charge in [0.15, 0.2) is 0 Å². The lowest BCUT2D eigenvalue weighted by Gasteiger charge is -2.33. The van der Waals surface area contributed by atoms with Gasteiger partial charge in [-0.1, -0.05) is 109 Å². The molecule has 52 heavy (non-hydrogen) atoms. The van der Waals surface area contributed by atoms with E-state index in [-0.39, 0.29) is 6.04 Å². The SMILES string of the molecule is C1=CC2=[N+](c3ccccc3)c3ccccc3N3c4c(ccc5c6ccccc6n(-c6ccc(-n7c8ccccc8c8ccccc87)cc6)c45)C(=C1)C23. The maximum absolute atomic E-state index is 2.61. The number of anilines is 2. The van der Waals surface area contributed by atoms with Gasteiger partial charge in [0, 0.05) is 62.8 Å². The average Bonchev–Trinajstić information content (AvgIpc) is 3.85. The fraction of sp³-hybridized carbons (Fsp3) is 0.0208. The quantitative estimate of drug-likeness (QED) is 0.172. The number of rotatable bonds is 3. The van der Waals surface area contributed by atoms with Gasteiger partial charge in [-0.2, -0.15) is 4.58 Å². The van der Waals surface area contributed by atoms with Crippen molar-refractivity contribution in [1.82, 2.24) is 13.7 Å². The minimum atomic E-state index is 0.0600. The molecule has 0 saturated heterocycles. The summed E-state index contributed by atoms with van der Waals surface area (Å²) in [6.07, 6.45) is 6.85. The van der Waals surface area contributed by atoms with Crippen molar-refractivity contribution in [3.05, 3.63) is 188 Å². The predicted molar refractivity (Wildman–Crippen MR) is 218 cm³/mol. The number of hydrogen-bond acceptors (Lipinski definition) is 1. The molecule has 1 atom stereocenters. The fourth-order valence-electron chi connectivity index (χ4n) is 9.28. The fourth-order valence-corrected chi connectivity index (χ4v) is 9.28. The molecule has 0 saturated carbocycles. The zero-order chi connectivity index (χ0) is 33.9. The molecule has 0 radical (unpaired) electrons. The van der Waals surface area contributed by atoms with Crippen molar-refractivity contribution in [2.24, 2.45) is 0 Å². The van der Waals surface area contributed by atoms with Crippen molar-refractivity contribution in [3.63, 3.8) is 0 Å². The first-order chi connectivity index (χ1) is 25.8. The highest BCUT2D eigenvalue weighted by molar-refractivity contribution is 6.25. The van der Waals surface area contributed by atoms with Crippen LogP contribution in [0.25, 0.3) is 60.6 Å². The molecule has 2 aliphatic heterocycles. The number of para-hydroxylation sites is 6. The van der Waals surface area contributed by atoms with Crippen LogP contribution in [0.1, 0.15) is 5.56 Å². The number of hydrogen-bond donors (Lipinski definition) is 0. The highest BCUT2D eigenvalue weighted by Gasteiger charge is 2.49. The summed E-state index contributed by atoms with van der Waals surface area (Å²) in [5.74, 6) is 0. The van der Waals surface area contributed by atoms with Crippen molar-refractivity contribution in [1.29, 1.82) is 0 Å². The van der Waals surface area contributed by atoms with E-state index in [1.165, 1.54) is 83.2 Å². The van der Waals surface area contributed by atoms with Gasteiger partial charge in [0.25, 0.3) is 0 Å². The Morgan fingerprint density at radius 2 is 1.06 bits per heavy atom. The van der Waals surface area contributed by atoms with E-state index in [1.54, 1.807) is 0 Å². The second kappa shape index (κ2) is 10.3. The molecule has 4 heterocycles. The first kappa shape index (κ1) is 27.9. The number of aromatic nitrogens is 2. The summed E-state index contributed by atoms with van der Waals surface area (Å²) in [6.45, 7) is 0. The monoisotopic (exact) mass is 663 g/mol. The Morgan fingerprint density at radius 1 is 0.481 bits per heavy atom. The van der Waals surface area contributed by atoms with Gasteiger partial charge in [-0.25, -0.2) is 0 Å². The van der Waals surface area contributed by atoms with Crippen LogP contribution in [0.2, 0.25) is 0 Å². The van der Waals surface area contributed by atoms with E-state index in [0.717, 1.165) is 11.4 Å². The van der Waals surface area contributed by atoms with Crippen molar-refractivity contribution in [2.75, 3.05) is 4.90 Å². The molecule has 0 spiro atoms. The lowest BCUT2D eigenvalue weighted by molar-refractivity contribution is 0.931. The van der Waals surface area contributed by atoms with Gasteiger partial charge >= 0.3 is 0 Å². The molecular formula is C48H31N4+. The largest absolute Gasteiger partial charge is 0.316 e. The van der Waals surface area contributed by atoms with Gasteiger partial charge < -0.3 is 14.0 Å². The summed E-state index contributed by atoms with van der Waals surface area (Å²) >= 11 is 0. The first-order valence-electron chi connectivity index (χ1n) is 18.0. The molecule has 7 aromatic carbocycles. The summed E-state index contributed by atoms with van der Waals surface area (Å²) in [5, 5.41) is 5.06. The van der Waals surface area contributed by atoms with Crippen LogP contribution in [0.3, 0.4) is 0 Å². The summed E-state index contributed by atoms with van der Waals surface area (Å²) in [5.41, 5.74) is 15.9. The Balaban J connectivity index is 1.12. The zero-order valence-electron chi connectivity index (χ0n) is 28.2. The van der Waals surface area contributed by atoms with Crippen LogP contribution in [0.5, 0.6) is 0 Å². The summed E-state index contributed by atoms with van der Waals surface area (Å²) < 4.78 is 7.34. The molecule has 0 fully saturated rings. The third kappa shape index (κ3) is 3.58. The van der Waals surface area contributed by atoms with E-state index in [1.807, 2.05) is 0 Å². The van der Waals surface area contributed by atoms with E-state index < -0.39 is 0 Å². The van der Waals surface area contributed by atoms with E-state index in [9.17, 15) is 0 Å². The third-order valence-corrected chi connectivity index (χ3v) is 11.3. The van der Waals surface area contributed by atoms with Gasteiger partial charge in [0.2, 0.25) is 17.1 Å². The highest BCUT2D eigenvalue weighted by atomic mass is 15.3. The van der Waals surface area contributed by atoms with E-state index in [4.69, 9.17) is 0 Å². The Morgan fingerprint density at radius 3 is 1.77 bits per heavy atom. The number of fused-ring (bicyclic) bond motifs is 12. The van der Waals surface area contributed by atoms with Gasteiger partial charge in [0.05, 0.1) is 27.8 Å². The summed E-state index contributed by atoms with van der Waals surface area (Å²) in [6, 6.07) is 59.9. The van der Waals surface area contributed by atoms with E-state index in [0.29, 0.717) is 0 Å². The summed E-state index contributed by atoms with van der Waals surface area (Å²) in [7, 11) is 0. The Hall–Kier alpha value is -6.91. The first-order valence-corrected chi connectivity index (χ1v) is 18.0. The molecule has 12 rings (SSSR count). The van der Waals surface area contributed by atoms with Gasteiger partial charge in [-0.15, -0.1) is 0 Å². The highest BCUT2D eigenvalue weighted by Crippen LogP contribution is 2.55. The average molecular weight is 664 g/mol. The van der Waals surface area contributed by atoms with Crippen LogP contribution in [-0.2, 0) is 0 Å². The molecular weight excluding hydrogens is 633 g/mol. The van der Waals surface area contributed by atoms with E-state index in [2.05, 4.69) is 201 Å². The van der Waals surface area contributed by atoms with Crippen LogP contribution in [-0.4, -0.2) is 20.9 Å². The maximum Gasteiger partial charge on any atom is 0.235 e. The van der Waals surface area contributed by atoms with Crippen LogP contribution >= 0.6 is 0 Å². The topological polar surface area (TPSA) is 16.1 Å². The smallest absolute Gasteiger partial charge is 0.235 e. The standard InChI is InChI=1S/C48H31N4/c1-2-13-31(14-3-1)50-43-22-10-11-23-44(43)52-46-37(18-12-24-45(46)50)39-30-29-38-36-17-6-9-21-42(36)51(47(38)48(39)52)33-27-25-32(26-28-33)49-40-19-7-4-15-34(40)35-16-5-8-20-41(35)49/h1-30,46H/q+1. The van der Waals surface area contributed by atoms with Crippen LogP contribution < -0.4 is 9.48 Å². The maximum atomic E-state index is 2.61. The van der Waals surface area contributed by atoms with Crippen LogP contribution in [0, 0.1) is 0 Å². The second-order valence-electron chi connectivity index (χ2n) is 13.9. The molecule has 242 valence electrons. The molecule has 0 bridgehead atoms. The Bertz CT molecular complexity index is 3010. The minimum Gasteiger partial charge on any atom is -0.316 e. The molecule has 2 aromatic heterocycles. The number of benzene rings is 7. The zero-order valence-corrected chi connectivity index (χ0v) is 28.2. The number of allylic oxidation sites excluding steroid dienone is 2. The van der Waals surface area contributed by atoms with Crippen molar-refractivity contribution >= 4 is 77.6 Å². The molecule has 9 aromatic rings. The molecule has 1 unspecified atom stereocenters. The molecule has 4 heteroatoms. The van der Waals surface area contributed by atoms with Gasteiger partial charge in [0.1, 0.15) is 11.7 Å². The second-order valence-corrected chi connectivity index (χ2v) is 13.9. The van der Waals surface area contributed by atoms with Crippen molar-refractivity contribution in [3.8, 4) is 11.4 Å². The normalized spacial score (nSPS) is 15.8. The van der Waals surface area contributed by atoms with Gasteiger partial charge in [-0.05, 0) is 54.1 Å². The Labute approximate surface area is 300 Å². The summed E-state index contributed by atoms with van der Waals surface area (Å²) in [4.78, 5) is 2.61. The lowest BCUT2D eigenvalue weighted by Crippen LogP contribution is -2.43. The van der Waals surface area contributed by atoms with Gasteiger partial charge in [-0.3, -0.25) is 0 Å². The lowest BCUT2D eigenvalue weighted by atomic mass is 9.92. The Kier molecular flexibility index (Phi) is 5.53. The van der Waals surface area contributed by atoms with Crippen LogP contribution in [0.15, 0.2) is 182 Å². The molecule has 0 amide bonds. The third-order valence-electron chi connectivity index (χ3n) is 11.3.